The van der Waals surface area contributed by atoms with Gasteiger partial charge in [-0.05, 0) is 25.0 Å². The standard InChI is InChI=1S/C18H21BN/c1-4-18(5-2,19-3)20-16-12-8-6-10-14(16)15-11-7-9-13-17(15)20/h6-13H,4-5H2,1-3H3. The molecule has 1 aromatic heterocycles. The second kappa shape index (κ2) is 5.01. The van der Waals surface area contributed by atoms with Crippen molar-refractivity contribution in [3.05, 3.63) is 48.5 Å². The molecule has 0 fully saturated rings. The molecule has 0 N–H and O–H groups in total. The van der Waals surface area contributed by atoms with Gasteiger partial charge in [-0.25, -0.2) is 0 Å². The number of nitrogens with zero attached hydrogens (tertiary/aromatic N) is 1. The lowest BCUT2D eigenvalue weighted by Crippen LogP contribution is -2.37. The SMILES string of the molecule is C[B]C(CC)(CC)n1c2ccccc2c2ccccc21. The second-order valence-corrected chi connectivity index (χ2v) is 5.47. The Morgan fingerprint density at radius 1 is 0.850 bits per heavy atom. The van der Waals surface area contributed by atoms with Crippen LogP contribution < -0.4 is 0 Å². The van der Waals surface area contributed by atoms with Gasteiger partial charge in [0, 0.05) is 27.2 Å². The zero-order chi connectivity index (χ0) is 14.2. The van der Waals surface area contributed by atoms with E-state index in [0.717, 1.165) is 12.8 Å². The highest BCUT2D eigenvalue weighted by Crippen LogP contribution is 2.36. The minimum absolute atomic E-state index is 0.0999. The van der Waals surface area contributed by atoms with Crippen LogP contribution in [0.3, 0.4) is 0 Å². The molecule has 101 valence electrons. The van der Waals surface area contributed by atoms with Gasteiger partial charge < -0.3 is 4.57 Å². The molecule has 0 aliphatic heterocycles. The predicted molar refractivity (Wildman–Crippen MR) is 89.6 cm³/mol. The molecule has 1 nitrogen and oxygen atoms in total. The lowest BCUT2D eigenvalue weighted by atomic mass is 9.57. The summed E-state index contributed by atoms with van der Waals surface area (Å²) in [7, 11) is 2.37. The average Bonchev–Trinajstić information content (AvgIpc) is 2.86. The topological polar surface area (TPSA) is 4.93 Å². The van der Waals surface area contributed by atoms with Crippen LogP contribution >= 0.6 is 0 Å². The molecule has 3 aromatic rings. The fourth-order valence-corrected chi connectivity index (χ4v) is 3.51. The molecule has 0 spiro atoms. The van der Waals surface area contributed by atoms with Crippen LogP contribution in [0.15, 0.2) is 48.5 Å². The summed E-state index contributed by atoms with van der Waals surface area (Å²) in [6.45, 7) is 6.76. The van der Waals surface area contributed by atoms with Crippen molar-refractivity contribution >= 4 is 29.1 Å². The number of fused-ring (bicyclic) bond motifs is 3. The van der Waals surface area contributed by atoms with Crippen LogP contribution in [0, 0.1) is 0 Å². The van der Waals surface area contributed by atoms with Gasteiger partial charge in [-0.3, -0.25) is 0 Å². The Bertz CT molecular complexity index is 676. The van der Waals surface area contributed by atoms with Crippen molar-refractivity contribution < 1.29 is 0 Å². The summed E-state index contributed by atoms with van der Waals surface area (Å²) < 4.78 is 2.54. The van der Waals surface area contributed by atoms with E-state index in [-0.39, 0.29) is 5.44 Å². The van der Waals surface area contributed by atoms with Crippen LogP contribution in [0.25, 0.3) is 21.8 Å². The minimum Gasteiger partial charge on any atom is -0.343 e. The Labute approximate surface area is 121 Å². The quantitative estimate of drug-likeness (QED) is 0.582. The van der Waals surface area contributed by atoms with Crippen LogP contribution in [0.5, 0.6) is 0 Å². The molecule has 1 heterocycles. The van der Waals surface area contributed by atoms with Crippen molar-refractivity contribution in [2.75, 3.05) is 0 Å². The molecule has 0 amide bonds. The van der Waals surface area contributed by atoms with Crippen LogP contribution in [-0.4, -0.2) is 11.8 Å². The van der Waals surface area contributed by atoms with Crippen molar-refractivity contribution in [1.29, 1.82) is 0 Å². The molecule has 0 aliphatic rings. The summed E-state index contributed by atoms with van der Waals surface area (Å²) in [5.74, 6) is 0. The van der Waals surface area contributed by atoms with Gasteiger partial charge in [0.15, 0.2) is 0 Å². The third kappa shape index (κ3) is 1.71. The Morgan fingerprint density at radius 3 is 1.70 bits per heavy atom. The molecular weight excluding hydrogens is 241 g/mol. The van der Waals surface area contributed by atoms with E-state index in [9.17, 15) is 0 Å². The summed E-state index contributed by atoms with van der Waals surface area (Å²) >= 11 is 0. The summed E-state index contributed by atoms with van der Waals surface area (Å²) in [5.41, 5.74) is 2.79. The zero-order valence-electron chi connectivity index (χ0n) is 12.6. The summed E-state index contributed by atoms with van der Waals surface area (Å²) in [6, 6.07) is 17.5. The van der Waals surface area contributed by atoms with E-state index < -0.39 is 0 Å². The van der Waals surface area contributed by atoms with E-state index >= 15 is 0 Å². The number of hydrogen-bond donors (Lipinski definition) is 0. The molecule has 1 radical (unpaired) electrons. The van der Waals surface area contributed by atoms with E-state index in [2.05, 4.69) is 81.0 Å². The van der Waals surface area contributed by atoms with Crippen molar-refractivity contribution in [3.8, 4) is 0 Å². The van der Waals surface area contributed by atoms with E-state index in [4.69, 9.17) is 0 Å². The second-order valence-electron chi connectivity index (χ2n) is 5.47. The van der Waals surface area contributed by atoms with Gasteiger partial charge in [0.1, 0.15) is 7.28 Å². The highest BCUT2D eigenvalue weighted by molar-refractivity contribution is 6.37. The molecule has 20 heavy (non-hydrogen) atoms. The van der Waals surface area contributed by atoms with Gasteiger partial charge in [-0.1, -0.05) is 57.1 Å². The predicted octanol–water partition coefficient (Wildman–Crippen LogP) is 5.02. The van der Waals surface area contributed by atoms with Crippen molar-refractivity contribution in [2.45, 2.75) is 39.0 Å². The van der Waals surface area contributed by atoms with Gasteiger partial charge in [-0.15, -0.1) is 0 Å². The lowest BCUT2D eigenvalue weighted by molar-refractivity contribution is 0.418. The fraction of sp³-hybridized carbons (Fsp3) is 0.333. The summed E-state index contributed by atoms with van der Waals surface area (Å²) in [4.78, 5) is 0. The third-order valence-electron chi connectivity index (χ3n) is 4.79. The maximum atomic E-state index is 2.54. The molecule has 0 saturated heterocycles. The van der Waals surface area contributed by atoms with E-state index in [1.165, 1.54) is 21.8 Å². The van der Waals surface area contributed by atoms with Gasteiger partial charge in [-0.2, -0.15) is 0 Å². The first kappa shape index (κ1) is 13.3. The molecule has 3 rings (SSSR count). The Balaban J connectivity index is 2.49. The lowest BCUT2D eigenvalue weighted by Gasteiger charge is -2.34. The van der Waals surface area contributed by atoms with Gasteiger partial charge >= 0.3 is 0 Å². The maximum absolute atomic E-state index is 2.54. The third-order valence-corrected chi connectivity index (χ3v) is 4.79. The Hall–Kier alpha value is -1.70. The van der Waals surface area contributed by atoms with Crippen LogP contribution in [0.1, 0.15) is 26.7 Å². The van der Waals surface area contributed by atoms with Crippen LogP contribution in [0.2, 0.25) is 6.82 Å². The minimum atomic E-state index is 0.0999. The molecular formula is C18H21BN. The average molecular weight is 262 g/mol. The monoisotopic (exact) mass is 262 g/mol. The number of para-hydroxylation sites is 2. The molecule has 0 bridgehead atoms. The fourth-order valence-electron chi connectivity index (χ4n) is 3.51. The highest BCUT2D eigenvalue weighted by atomic mass is 15.0. The molecule has 2 aromatic carbocycles. The van der Waals surface area contributed by atoms with E-state index in [1.807, 2.05) is 0 Å². The Kier molecular flexibility index (Phi) is 3.33. The first-order valence-electron chi connectivity index (χ1n) is 7.56. The molecule has 0 unspecified atom stereocenters. The van der Waals surface area contributed by atoms with Crippen LogP contribution in [-0.2, 0) is 5.44 Å². The normalized spacial score (nSPS) is 12.2. The van der Waals surface area contributed by atoms with Gasteiger partial charge in [0.2, 0.25) is 0 Å². The molecule has 0 atom stereocenters. The summed E-state index contributed by atoms with van der Waals surface area (Å²) in [6.07, 6.45) is 2.23. The highest BCUT2D eigenvalue weighted by Gasteiger charge is 2.29. The van der Waals surface area contributed by atoms with Crippen molar-refractivity contribution in [2.24, 2.45) is 0 Å². The number of rotatable bonds is 4. The van der Waals surface area contributed by atoms with Gasteiger partial charge in [0.25, 0.3) is 0 Å². The molecule has 0 aliphatic carbocycles. The first-order chi connectivity index (χ1) is 9.77. The number of benzene rings is 2. The smallest absolute Gasteiger partial charge is 0.142 e. The van der Waals surface area contributed by atoms with E-state index in [1.54, 1.807) is 0 Å². The largest absolute Gasteiger partial charge is 0.343 e. The van der Waals surface area contributed by atoms with Crippen molar-refractivity contribution in [3.63, 3.8) is 0 Å². The Morgan fingerprint density at radius 2 is 1.30 bits per heavy atom. The van der Waals surface area contributed by atoms with Crippen molar-refractivity contribution in [1.82, 2.24) is 4.57 Å². The first-order valence-corrected chi connectivity index (χ1v) is 7.56. The van der Waals surface area contributed by atoms with Gasteiger partial charge in [0.05, 0.1) is 0 Å². The molecule has 2 heteroatoms. The number of aromatic nitrogens is 1. The summed E-state index contributed by atoms with van der Waals surface area (Å²) in [5, 5.41) is 2.72. The van der Waals surface area contributed by atoms with E-state index in [0.29, 0.717) is 0 Å². The van der Waals surface area contributed by atoms with Crippen LogP contribution in [0.4, 0.5) is 0 Å². The maximum Gasteiger partial charge on any atom is 0.142 e. The zero-order valence-corrected chi connectivity index (χ0v) is 12.6. The number of hydrogen-bond acceptors (Lipinski definition) is 0. The molecule has 0 saturated carbocycles.